The van der Waals surface area contributed by atoms with Gasteiger partial charge in [0.05, 0.1) is 0 Å². The van der Waals surface area contributed by atoms with Gasteiger partial charge in [-0.05, 0) is 24.3 Å². The molecule has 0 atom stereocenters. The molecule has 0 radical (unpaired) electrons. The van der Waals surface area contributed by atoms with Crippen LogP contribution in [0.4, 0.5) is 0 Å². The zero-order valence-electron chi connectivity index (χ0n) is 11.9. The Morgan fingerprint density at radius 3 is 1.65 bits per heavy atom. The van der Waals surface area contributed by atoms with Gasteiger partial charge in [-0.15, -0.1) is 0 Å². The molecule has 0 saturated heterocycles. The highest BCUT2D eigenvalue weighted by molar-refractivity contribution is 6.47. The van der Waals surface area contributed by atoms with E-state index in [9.17, 15) is 19.8 Å². The number of aliphatic hydroxyl groups excluding tert-OH is 2. The number of carbonyl (C=O) groups is 2. The smallest absolute Gasteiger partial charge is 0.229 e. The van der Waals surface area contributed by atoms with Gasteiger partial charge in [0.15, 0.2) is 0 Å². The van der Waals surface area contributed by atoms with Gasteiger partial charge in [0.2, 0.25) is 11.6 Å². The van der Waals surface area contributed by atoms with Gasteiger partial charge < -0.3 is 10.2 Å². The zero-order valence-corrected chi connectivity index (χ0v) is 12.7. The number of halogens is 1. The maximum atomic E-state index is 11.8. The van der Waals surface area contributed by atoms with Crippen molar-refractivity contribution >= 4 is 34.7 Å². The fourth-order valence-electron chi connectivity index (χ4n) is 1.79. The minimum atomic E-state index is -0.945. The van der Waals surface area contributed by atoms with Gasteiger partial charge in [0.25, 0.3) is 0 Å². The lowest BCUT2D eigenvalue weighted by atomic mass is 10.1. The number of aliphatic hydroxyl groups is 2. The monoisotopic (exact) mass is 328 g/mol. The number of ketones is 2. The molecule has 0 aliphatic heterocycles. The highest BCUT2D eigenvalue weighted by Crippen LogP contribution is 2.16. The first-order chi connectivity index (χ1) is 11.0. The summed E-state index contributed by atoms with van der Waals surface area (Å²) in [6.07, 6.45) is 1.63. The van der Waals surface area contributed by atoms with Crippen LogP contribution in [0.15, 0.2) is 66.7 Å². The molecule has 0 aromatic heterocycles. The summed E-state index contributed by atoms with van der Waals surface area (Å²) >= 11 is 5.73. The molecule has 4 nitrogen and oxygen atoms in total. The van der Waals surface area contributed by atoms with Crippen molar-refractivity contribution in [3.05, 3.63) is 82.9 Å². The van der Waals surface area contributed by atoms with E-state index < -0.39 is 11.6 Å². The number of rotatable bonds is 5. The standard InChI is InChI=1S/C18H13ClO4/c19-14-8-6-13(7-9-14)16(21)11-18(23)17(22)10-15(20)12-4-2-1-3-5-12/h1-11,20-21H. The Bertz CT molecular complexity index is 774. The van der Waals surface area contributed by atoms with Crippen LogP contribution in [0.2, 0.25) is 5.02 Å². The van der Waals surface area contributed by atoms with Crippen LogP contribution in [0, 0.1) is 0 Å². The lowest BCUT2D eigenvalue weighted by Crippen LogP contribution is -2.09. The fraction of sp³-hybridized carbons (Fsp3) is 0. The van der Waals surface area contributed by atoms with Gasteiger partial charge in [0.1, 0.15) is 11.5 Å². The van der Waals surface area contributed by atoms with Crippen molar-refractivity contribution in [1.82, 2.24) is 0 Å². The van der Waals surface area contributed by atoms with Gasteiger partial charge in [-0.25, -0.2) is 0 Å². The highest BCUT2D eigenvalue weighted by atomic mass is 35.5. The predicted octanol–water partition coefficient (Wildman–Crippen LogP) is 3.98. The SMILES string of the molecule is O=C(C=C(O)c1ccccc1)C(=O)C=C(O)c1ccc(Cl)cc1. The fourth-order valence-corrected chi connectivity index (χ4v) is 1.91. The van der Waals surface area contributed by atoms with Crippen LogP contribution in [0.25, 0.3) is 11.5 Å². The van der Waals surface area contributed by atoms with E-state index in [1.54, 1.807) is 42.5 Å². The molecule has 23 heavy (non-hydrogen) atoms. The number of benzene rings is 2. The quantitative estimate of drug-likeness (QED) is 0.494. The largest absolute Gasteiger partial charge is 0.507 e. The van der Waals surface area contributed by atoms with E-state index in [4.69, 9.17) is 11.6 Å². The summed E-state index contributed by atoms with van der Waals surface area (Å²) in [7, 11) is 0. The van der Waals surface area contributed by atoms with Gasteiger partial charge in [-0.1, -0.05) is 41.9 Å². The first-order valence-corrected chi connectivity index (χ1v) is 7.06. The molecule has 0 spiro atoms. The first kappa shape index (κ1) is 16.5. The van der Waals surface area contributed by atoms with Crippen LogP contribution in [0.3, 0.4) is 0 Å². The number of hydrogen-bond donors (Lipinski definition) is 2. The Balaban J connectivity index is 2.15. The molecule has 2 aromatic rings. The molecule has 0 amide bonds. The Labute approximate surface area is 138 Å². The zero-order chi connectivity index (χ0) is 16.8. The third-order valence-electron chi connectivity index (χ3n) is 2.99. The molecule has 2 aromatic carbocycles. The van der Waals surface area contributed by atoms with Crippen LogP contribution < -0.4 is 0 Å². The third-order valence-corrected chi connectivity index (χ3v) is 3.24. The molecule has 0 unspecified atom stereocenters. The van der Waals surface area contributed by atoms with Crippen molar-refractivity contribution in [2.24, 2.45) is 0 Å². The second-order valence-corrected chi connectivity index (χ2v) is 5.10. The van der Waals surface area contributed by atoms with Crippen LogP contribution in [-0.2, 0) is 9.59 Å². The second-order valence-electron chi connectivity index (χ2n) is 4.66. The molecular formula is C18H13ClO4. The molecule has 2 rings (SSSR count). The maximum Gasteiger partial charge on any atom is 0.229 e. The molecule has 0 heterocycles. The third kappa shape index (κ3) is 4.56. The summed E-state index contributed by atoms with van der Waals surface area (Å²) in [5.41, 5.74) is 0.770. The molecule has 5 heteroatoms. The lowest BCUT2D eigenvalue weighted by molar-refractivity contribution is -0.130. The van der Waals surface area contributed by atoms with Crippen molar-refractivity contribution in [3.8, 4) is 0 Å². The van der Waals surface area contributed by atoms with Gasteiger partial charge in [0, 0.05) is 28.3 Å². The molecule has 0 aliphatic carbocycles. The Morgan fingerprint density at radius 1 is 0.739 bits per heavy atom. The Kier molecular flexibility index (Phi) is 5.33. The number of carbonyl (C=O) groups excluding carboxylic acids is 2. The summed E-state index contributed by atoms with van der Waals surface area (Å²) in [6, 6.07) is 14.5. The van der Waals surface area contributed by atoms with Gasteiger partial charge in [-0.2, -0.15) is 0 Å². The minimum Gasteiger partial charge on any atom is -0.507 e. The molecular weight excluding hydrogens is 316 g/mol. The van der Waals surface area contributed by atoms with E-state index in [2.05, 4.69) is 0 Å². The molecule has 0 saturated carbocycles. The number of hydrogen-bond acceptors (Lipinski definition) is 4. The van der Waals surface area contributed by atoms with E-state index in [0.29, 0.717) is 16.1 Å². The van der Waals surface area contributed by atoms with Crippen LogP contribution >= 0.6 is 11.6 Å². The van der Waals surface area contributed by atoms with Crippen LogP contribution in [0.5, 0.6) is 0 Å². The second kappa shape index (κ2) is 7.42. The molecule has 116 valence electrons. The van der Waals surface area contributed by atoms with Crippen molar-refractivity contribution in [1.29, 1.82) is 0 Å². The summed E-state index contributed by atoms with van der Waals surface area (Å²) in [5.74, 6) is -2.55. The lowest BCUT2D eigenvalue weighted by Gasteiger charge is -2.00. The molecule has 0 aliphatic rings. The topological polar surface area (TPSA) is 74.6 Å². The van der Waals surface area contributed by atoms with Gasteiger partial charge in [-0.3, -0.25) is 9.59 Å². The molecule has 2 N–H and O–H groups in total. The minimum absolute atomic E-state index is 0.316. The van der Waals surface area contributed by atoms with E-state index in [1.165, 1.54) is 12.1 Å². The summed E-state index contributed by atoms with van der Waals surface area (Å²) in [6.45, 7) is 0. The Hall–Kier alpha value is -2.85. The van der Waals surface area contributed by atoms with Crippen molar-refractivity contribution in [3.63, 3.8) is 0 Å². The van der Waals surface area contributed by atoms with E-state index >= 15 is 0 Å². The van der Waals surface area contributed by atoms with E-state index in [-0.39, 0.29) is 11.5 Å². The highest BCUT2D eigenvalue weighted by Gasteiger charge is 2.12. The van der Waals surface area contributed by atoms with E-state index in [1.807, 2.05) is 0 Å². The van der Waals surface area contributed by atoms with Crippen molar-refractivity contribution in [2.45, 2.75) is 0 Å². The molecule has 0 fully saturated rings. The summed E-state index contributed by atoms with van der Waals surface area (Å²) in [4.78, 5) is 23.6. The summed E-state index contributed by atoms with van der Waals surface area (Å²) in [5, 5.41) is 20.1. The van der Waals surface area contributed by atoms with Crippen LogP contribution in [-0.4, -0.2) is 21.8 Å². The van der Waals surface area contributed by atoms with Crippen molar-refractivity contribution in [2.75, 3.05) is 0 Å². The van der Waals surface area contributed by atoms with E-state index in [0.717, 1.165) is 12.2 Å². The van der Waals surface area contributed by atoms with Crippen LogP contribution in [0.1, 0.15) is 11.1 Å². The van der Waals surface area contributed by atoms with Crippen molar-refractivity contribution < 1.29 is 19.8 Å². The summed E-state index contributed by atoms with van der Waals surface area (Å²) < 4.78 is 0. The average Bonchev–Trinajstić information content (AvgIpc) is 2.56. The normalized spacial score (nSPS) is 12.0. The number of allylic oxidation sites excluding steroid dienone is 2. The predicted molar refractivity (Wildman–Crippen MR) is 89.1 cm³/mol. The maximum absolute atomic E-state index is 11.8. The van der Waals surface area contributed by atoms with Gasteiger partial charge >= 0.3 is 0 Å². The average molecular weight is 329 g/mol. The Morgan fingerprint density at radius 2 is 1.17 bits per heavy atom. The first-order valence-electron chi connectivity index (χ1n) is 6.68. The molecule has 0 bridgehead atoms.